The summed E-state index contributed by atoms with van der Waals surface area (Å²) in [7, 11) is 1.24. The summed E-state index contributed by atoms with van der Waals surface area (Å²) in [5.41, 5.74) is -1.38. The van der Waals surface area contributed by atoms with E-state index >= 15 is 0 Å². The Morgan fingerprint density at radius 1 is 1.15 bits per heavy atom. The molecule has 0 unspecified atom stereocenters. The summed E-state index contributed by atoms with van der Waals surface area (Å²) in [4.78, 5) is 11.9. The van der Waals surface area contributed by atoms with Crippen molar-refractivity contribution >= 4 is 22.9 Å². The molecule has 1 amide bonds. The number of amides is 1. The predicted octanol–water partition coefficient (Wildman–Crippen LogP) is 4.70. The third kappa shape index (κ3) is 3.45. The number of hydrogen-bond donors (Lipinski definition) is 1. The molecule has 0 saturated heterocycles. The third-order valence-electron chi connectivity index (χ3n) is 3.44. The number of anilines is 1. The molecule has 0 saturated carbocycles. The van der Waals surface area contributed by atoms with Crippen molar-refractivity contribution in [3.8, 4) is 10.6 Å². The fourth-order valence-corrected chi connectivity index (χ4v) is 3.20. The van der Waals surface area contributed by atoms with E-state index in [4.69, 9.17) is 0 Å². The van der Waals surface area contributed by atoms with Crippen LogP contribution in [0.3, 0.4) is 0 Å². The van der Waals surface area contributed by atoms with Gasteiger partial charge in [-0.15, -0.1) is 11.3 Å². The van der Waals surface area contributed by atoms with Gasteiger partial charge in [-0.25, -0.2) is 8.78 Å². The van der Waals surface area contributed by atoms with Gasteiger partial charge in [-0.05, 0) is 24.3 Å². The van der Waals surface area contributed by atoms with Crippen LogP contribution in [0.2, 0.25) is 0 Å². The van der Waals surface area contributed by atoms with Crippen molar-refractivity contribution in [2.24, 2.45) is 7.05 Å². The van der Waals surface area contributed by atoms with Crippen LogP contribution in [0.25, 0.3) is 10.6 Å². The van der Waals surface area contributed by atoms with Crippen LogP contribution >= 0.6 is 11.3 Å². The summed E-state index contributed by atoms with van der Waals surface area (Å²) in [6.45, 7) is 0. The number of alkyl halides is 3. The molecule has 2 aromatic heterocycles. The first-order chi connectivity index (χ1) is 12.2. The molecule has 2 heterocycles. The van der Waals surface area contributed by atoms with Gasteiger partial charge in [0.1, 0.15) is 11.6 Å². The number of nitrogens with one attached hydrogen (secondary N) is 1. The van der Waals surface area contributed by atoms with E-state index in [0.717, 1.165) is 16.8 Å². The van der Waals surface area contributed by atoms with Gasteiger partial charge in [-0.3, -0.25) is 9.48 Å². The molecular formula is C16H10F5N3OS. The maximum Gasteiger partial charge on any atom is 0.435 e. The Morgan fingerprint density at radius 3 is 2.46 bits per heavy atom. The lowest BCUT2D eigenvalue weighted by Crippen LogP contribution is -2.11. The van der Waals surface area contributed by atoms with E-state index in [1.54, 1.807) is 0 Å². The van der Waals surface area contributed by atoms with Gasteiger partial charge < -0.3 is 5.32 Å². The number of rotatable bonds is 3. The summed E-state index contributed by atoms with van der Waals surface area (Å²) in [6, 6.07) is 7.01. The Bertz CT molecular complexity index is 977. The highest BCUT2D eigenvalue weighted by Crippen LogP contribution is 2.36. The number of thiophene rings is 1. The van der Waals surface area contributed by atoms with Crippen LogP contribution in [-0.4, -0.2) is 15.7 Å². The summed E-state index contributed by atoms with van der Waals surface area (Å²) in [6.07, 6.45) is -4.67. The molecule has 4 nitrogen and oxygen atoms in total. The molecule has 26 heavy (non-hydrogen) atoms. The average molecular weight is 387 g/mol. The molecule has 1 aromatic carbocycles. The Labute approximate surface area is 147 Å². The first kappa shape index (κ1) is 18.1. The van der Waals surface area contributed by atoms with E-state index < -0.39 is 29.4 Å². The van der Waals surface area contributed by atoms with E-state index in [2.05, 4.69) is 10.4 Å². The third-order valence-corrected chi connectivity index (χ3v) is 4.57. The van der Waals surface area contributed by atoms with Crippen molar-refractivity contribution in [1.29, 1.82) is 0 Å². The topological polar surface area (TPSA) is 46.9 Å². The fraction of sp³-hybridized carbons (Fsp3) is 0.125. The van der Waals surface area contributed by atoms with Gasteiger partial charge >= 0.3 is 6.18 Å². The maximum absolute atomic E-state index is 14.2. The number of carbonyl (C=O) groups excluding carboxylic acids is 1. The fourth-order valence-electron chi connectivity index (χ4n) is 2.22. The highest BCUT2D eigenvalue weighted by molar-refractivity contribution is 7.17. The minimum absolute atomic E-state index is 0.0900. The van der Waals surface area contributed by atoms with Crippen molar-refractivity contribution in [3.05, 3.63) is 58.6 Å². The standard InChI is InChI=1S/C16H10F5N3OS/c1-24-11(7-13(23-24)16(19,20)21)14-9(18)6-12(26-14)15(25)22-10-5-3-2-4-8(10)17/h2-7H,1H3,(H,22,25). The lowest BCUT2D eigenvalue weighted by molar-refractivity contribution is -0.141. The van der Waals surface area contributed by atoms with Gasteiger partial charge in [0.25, 0.3) is 5.91 Å². The van der Waals surface area contributed by atoms with Gasteiger partial charge in [0.05, 0.1) is 21.1 Å². The molecule has 0 atom stereocenters. The van der Waals surface area contributed by atoms with Crippen LogP contribution in [-0.2, 0) is 13.2 Å². The van der Waals surface area contributed by atoms with E-state index in [0.29, 0.717) is 17.4 Å². The van der Waals surface area contributed by atoms with Crippen molar-refractivity contribution in [1.82, 2.24) is 9.78 Å². The van der Waals surface area contributed by atoms with Crippen LogP contribution in [0.15, 0.2) is 36.4 Å². The van der Waals surface area contributed by atoms with Crippen LogP contribution in [0, 0.1) is 11.6 Å². The number of benzene rings is 1. The lowest BCUT2D eigenvalue weighted by atomic mass is 10.2. The number of aryl methyl sites for hydroxylation is 1. The van der Waals surface area contributed by atoms with E-state index in [1.165, 1.54) is 25.2 Å². The highest BCUT2D eigenvalue weighted by atomic mass is 32.1. The largest absolute Gasteiger partial charge is 0.435 e. The van der Waals surface area contributed by atoms with Crippen LogP contribution in [0.1, 0.15) is 15.4 Å². The summed E-state index contributed by atoms with van der Waals surface area (Å²) < 4.78 is 66.9. The maximum atomic E-state index is 14.2. The van der Waals surface area contributed by atoms with Crippen LogP contribution in [0.4, 0.5) is 27.6 Å². The van der Waals surface area contributed by atoms with E-state index in [-0.39, 0.29) is 21.1 Å². The molecule has 3 rings (SSSR count). The Morgan fingerprint density at radius 2 is 1.85 bits per heavy atom. The minimum Gasteiger partial charge on any atom is -0.319 e. The van der Waals surface area contributed by atoms with Crippen LogP contribution < -0.4 is 5.32 Å². The summed E-state index contributed by atoms with van der Waals surface area (Å²) in [5, 5.41) is 5.60. The number of carbonyl (C=O) groups is 1. The molecule has 10 heteroatoms. The quantitative estimate of drug-likeness (QED) is 0.663. The van der Waals surface area contributed by atoms with Crippen molar-refractivity contribution in [2.75, 3.05) is 5.32 Å². The molecule has 3 aromatic rings. The molecule has 0 bridgehead atoms. The molecular weight excluding hydrogens is 377 g/mol. The Balaban J connectivity index is 1.91. The van der Waals surface area contributed by atoms with Gasteiger partial charge in [-0.1, -0.05) is 12.1 Å². The molecule has 0 aliphatic heterocycles. The molecule has 0 radical (unpaired) electrons. The number of hydrogen-bond acceptors (Lipinski definition) is 3. The SMILES string of the molecule is Cn1nc(C(F)(F)F)cc1-c1sc(C(=O)Nc2ccccc2F)cc1F. The van der Waals surface area contributed by atoms with Crippen molar-refractivity contribution in [3.63, 3.8) is 0 Å². The number of halogens is 5. The monoisotopic (exact) mass is 387 g/mol. The molecule has 0 aliphatic carbocycles. The second-order valence-corrected chi connectivity index (χ2v) is 6.31. The second-order valence-electron chi connectivity index (χ2n) is 5.26. The predicted molar refractivity (Wildman–Crippen MR) is 85.8 cm³/mol. The highest BCUT2D eigenvalue weighted by Gasteiger charge is 2.35. The zero-order valence-electron chi connectivity index (χ0n) is 13.1. The zero-order chi connectivity index (χ0) is 19.1. The van der Waals surface area contributed by atoms with E-state index in [1.807, 2.05) is 0 Å². The molecule has 0 fully saturated rings. The van der Waals surface area contributed by atoms with Crippen molar-refractivity contribution in [2.45, 2.75) is 6.18 Å². The Kier molecular flexibility index (Phi) is 4.53. The smallest absolute Gasteiger partial charge is 0.319 e. The first-order valence-corrected chi connectivity index (χ1v) is 7.95. The summed E-state index contributed by atoms with van der Waals surface area (Å²) in [5.74, 6) is -2.31. The Hall–Kier alpha value is -2.75. The molecule has 1 N–H and O–H groups in total. The zero-order valence-corrected chi connectivity index (χ0v) is 13.9. The second kappa shape index (κ2) is 6.52. The van der Waals surface area contributed by atoms with Gasteiger partial charge in [0.2, 0.25) is 0 Å². The van der Waals surface area contributed by atoms with E-state index in [9.17, 15) is 26.7 Å². The van der Waals surface area contributed by atoms with Gasteiger partial charge in [0.15, 0.2) is 5.69 Å². The van der Waals surface area contributed by atoms with Gasteiger partial charge in [0, 0.05) is 7.05 Å². The molecule has 0 aliphatic rings. The van der Waals surface area contributed by atoms with Crippen molar-refractivity contribution < 1.29 is 26.7 Å². The first-order valence-electron chi connectivity index (χ1n) is 7.13. The van der Waals surface area contributed by atoms with Crippen LogP contribution in [0.5, 0.6) is 0 Å². The molecule has 136 valence electrons. The minimum atomic E-state index is -4.67. The number of para-hydroxylation sites is 1. The number of aromatic nitrogens is 2. The molecule has 0 spiro atoms. The average Bonchev–Trinajstić information content (AvgIpc) is 3.12. The normalized spacial score (nSPS) is 11.6. The summed E-state index contributed by atoms with van der Waals surface area (Å²) >= 11 is 0.646. The number of nitrogens with zero attached hydrogens (tertiary/aromatic N) is 2. The van der Waals surface area contributed by atoms with Gasteiger partial charge in [-0.2, -0.15) is 18.3 Å². The lowest BCUT2D eigenvalue weighted by Gasteiger charge is -2.04.